The van der Waals surface area contributed by atoms with Crippen LogP contribution >= 0.6 is 0 Å². The molecular weight excluding hydrogens is 532 g/mol. The molecule has 1 amide bonds. The molecule has 1 saturated heterocycles. The maximum absolute atomic E-state index is 13.1. The molecule has 0 atom stereocenters. The first-order valence-corrected chi connectivity index (χ1v) is 15.1. The summed E-state index contributed by atoms with van der Waals surface area (Å²) in [6.45, 7) is 11.2. The van der Waals surface area contributed by atoms with Gasteiger partial charge in [-0.05, 0) is 56.9 Å². The van der Waals surface area contributed by atoms with Crippen molar-refractivity contribution in [2.24, 2.45) is 0 Å². The van der Waals surface area contributed by atoms with Crippen molar-refractivity contribution in [1.82, 2.24) is 25.0 Å². The quantitative estimate of drug-likeness (QED) is 0.376. The third-order valence-corrected chi connectivity index (χ3v) is 9.12. The predicted molar refractivity (Wildman–Crippen MR) is 150 cm³/mol. The summed E-state index contributed by atoms with van der Waals surface area (Å²) < 4.78 is 36.8. The van der Waals surface area contributed by atoms with E-state index in [0.29, 0.717) is 16.9 Å². The number of piperidine rings is 1. The van der Waals surface area contributed by atoms with E-state index in [4.69, 9.17) is 14.2 Å². The maximum atomic E-state index is 13.1. The normalized spacial score (nSPS) is 14.6. The van der Waals surface area contributed by atoms with Gasteiger partial charge in [-0.2, -0.15) is 4.98 Å². The number of nitrogens with zero attached hydrogens (tertiary/aromatic N) is 6. The average molecular weight is 571 g/mol. The van der Waals surface area contributed by atoms with Gasteiger partial charge in [0.2, 0.25) is 11.8 Å². The molecule has 0 radical (unpaired) electrons. The van der Waals surface area contributed by atoms with Gasteiger partial charge >= 0.3 is 0 Å². The Morgan fingerprint density at radius 1 is 1.10 bits per heavy atom. The van der Waals surface area contributed by atoms with Crippen LogP contribution in [0.15, 0.2) is 27.6 Å². The Balaban J connectivity index is 1.35. The summed E-state index contributed by atoms with van der Waals surface area (Å²) in [4.78, 5) is 30.7. The van der Waals surface area contributed by atoms with Crippen LogP contribution in [0.25, 0.3) is 0 Å². The Morgan fingerprint density at radius 2 is 1.75 bits per heavy atom. The van der Waals surface area contributed by atoms with E-state index in [2.05, 4.69) is 33.9 Å². The molecule has 3 heterocycles. The van der Waals surface area contributed by atoms with Crippen LogP contribution < -0.4 is 9.64 Å². The number of aryl methyl sites for hydroxylation is 3. The van der Waals surface area contributed by atoms with Gasteiger partial charge < -0.3 is 19.1 Å². The number of carbonyl (C=O) groups excluding carboxylic acids is 1. The largest absolute Gasteiger partial charge is 0.497 e. The van der Waals surface area contributed by atoms with Crippen LogP contribution in [0, 0.1) is 20.8 Å². The molecule has 0 aliphatic carbocycles. The van der Waals surface area contributed by atoms with Gasteiger partial charge in [0.1, 0.15) is 29.6 Å². The standard InChI is InChI=1S/C28H38N6O5S/c1-17(2)28-29-20(5)14-24(31-28)34-10-8-21(9-11-34)33(6)26(35)15-25-30-23(32-39-25)16-40(36,37)27-18(3)12-22(38-7)13-19(27)4/h12-14,17,21H,8-11,15-16H2,1-7H3. The number of sulfone groups is 1. The van der Waals surface area contributed by atoms with Crippen LogP contribution in [0.3, 0.4) is 0 Å². The molecule has 0 bridgehead atoms. The minimum Gasteiger partial charge on any atom is -0.497 e. The summed E-state index contributed by atoms with van der Waals surface area (Å²) in [5, 5.41) is 3.84. The predicted octanol–water partition coefficient (Wildman–Crippen LogP) is 3.56. The second-order valence-electron chi connectivity index (χ2n) is 10.7. The molecule has 1 aromatic carbocycles. The van der Waals surface area contributed by atoms with Crippen LogP contribution in [0.1, 0.15) is 67.0 Å². The van der Waals surface area contributed by atoms with E-state index < -0.39 is 15.6 Å². The van der Waals surface area contributed by atoms with Crippen molar-refractivity contribution in [3.8, 4) is 5.75 Å². The topological polar surface area (TPSA) is 132 Å². The van der Waals surface area contributed by atoms with E-state index >= 15 is 0 Å². The van der Waals surface area contributed by atoms with Crippen molar-refractivity contribution in [3.63, 3.8) is 0 Å². The number of carbonyl (C=O) groups is 1. The summed E-state index contributed by atoms with van der Waals surface area (Å²) in [6, 6.07) is 5.43. The maximum Gasteiger partial charge on any atom is 0.236 e. The first kappa shape index (κ1) is 29.4. The smallest absolute Gasteiger partial charge is 0.236 e. The number of amides is 1. The molecule has 3 aromatic rings. The van der Waals surface area contributed by atoms with E-state index in [9.17, 15) is 13.2 Å². The van der Waals surface area contributed by atoms with Crippen LogP contribution in [0.5, 0.6) is 5.75 Å². The third kappa shape index (κ3) is 6.60. The van der Waals surface area contributed by atoms with E-state index in [0.717, 1.165) is 43.3 Å². The number of ether oxygens (including phenoxy) is 1. The fourth-order valence-corrected chi connectivity index (χ4v) is 6.82. The van der Waals surface area contributed by atoms with Gasteiger partial charge in [-0.1, -0.05) is 19.0 Å². The fraction of sp³-hybridized carbons (Fsp3) is 0.536. The lowest BCUT2D eigenvalue weighted by atomic mass is 10.0. The summed E-state index contributed by atoms with van der Waals surface area (Å²) in [5.74, 6) is 2.15. The first-order chi connectivity index (χ1) is 18.9. The summed E-state index contributed by atoms with van der Waals surface area (Å²) in [6.07, 6.45) is 1.51. The molecule has 0 spiro atoms. The summed E-state index contributed by atoms with van der Waals surface area (Å²) >= 11 is 0. The Bertz CT molecular complexity index is 1460. The van der Waals surface area contributed by atoms with Crippen LogP contribution in [0.4, 0.5) is 5.82 Å². The molecule has 11 nitrogen and oxygen atoms in total. The number of anilines is 1. The molecule has 40 heavy (non-hydrogen) atoms. The Morgan fingerprint density at radius 3 is 2.35 bits per heavy atom. The van der Waals surface area contributed by atoms with Crippen LogP contribution in [-0.2, 0) is 26.8 Å². The average Bonchev–Trinajstić information content (AvgIpc) is 3.32. The molecule has 0 unspecified atom stereocenters. The molecule has 1 aliphatic rings. The van der Waals surface area contributed by atoms with E-state index in [1.165, 1.54) is 7.11 Å². The van der Waals surface area contributed by atoms with Gasteiger partial charge in [-0.3, -0.25) is 4.79 Å². The molecule has 2 aromatic heterocycles. The SMILES string of the molecule is COc1cc(C)c(S(=O)(=O)Cc2noc(CC(=O)N(C)C3CCN(c4cc(C)nc(C(C)C)n4)CC3)n2)c(C)c1. The van der Waals surface area contributed by atoms with Crippen molar-refractivity contribution >= 4 is 21.6 Å². The van der Waals surface area contributed by atoms with Gasteiger partial charge in [0.25, 0.3) is 0 Å². The minimum absolute atomic E-state index is 0.0225. The van der Waals surface area contributed by atoms with E-state index in [-0.39, 0.29) is 40.9 Å². The first-order valence-electron chi connectivity index (χ1n) is 13.4. The lowest BCUT2D eigenvalue weighted by Crippen LogP contribution is -2.46. The lowest BCUT2D eigenvalue weighted by Gasteiger charge is -2.37. The van der Waals surface area contributed by atoms with Crippen LogP contribution in [0.2, 0.25) is 0 Å². The second-order valence-corrected chi connectivity index (χ2v) is 12.7. The highest BCUT2D eigenvalue weighted by molar-refractivity contribution is 7.90. The molecule has 12 heteroatoms. The number of benzene rings is 1. The highest BCUT2D eigenvalue weighted by Gasteiger charge is 2.28. The van der Waals surface area contributed by atoms with Crippen molar-refractivity contribution in [2.75, 3.05) is 32.1 Å². The number of hydrogen-bond acceptors (Lipinski definition) is 10. The lowest BCUT2D eigenvalue weighted by molar-refractivity contribution is -0.132. The van der Waals surface area contributed by atoms with Gasteiger partial charge in [0, 0.05) is 43.9 Å². The molecule has 0 N–H and O–H groups in total. The summed E-state index contributed by atoms with van der Waals surface area (Å²) in [5.41, 5.74) is 2.11. The number of methoxy groups -OCH3 is 1. The van der Waals surface area contributed by atoms with E-state index in [1.54, 1.807) is 37.9 Å². The fourth-order valence-electron chi connectivity index (χ4n) is 5.12. The second kappa shape index (κ2) is 11.9. The van der Waals surface area contributed by atoms with Crippen LogP contribution in [-0.4, -0.2) is 72.6 Å². The zero-order valence-corrected chi connectivity index (χ0v) is 25.1. The molecule has 1 fully saturated rings. The van der Waals surface area contributed by atoms with Gasteiger partial charge in [0.05, 0.1) is 12.0 Å². The zero-order chi connectivity index (χ0) is 29.2. The Labute approximate surface area is 235 Å². The Kier molecular flexibility index (Phi) is 8.77. The molecule has 1 aliphatic heterocycles. The number of hydrogen-bond donors (Lipinski definition) is 0. The van der Waals surface area contributed by atoms with Gasteiger partial charge in [-0.25, -0.2) is 18.4 Å². The number of rotatable bonds is 9. The molecule has 4 rings (SSSR count). The number of likely N-dealkylation sites (N-methyl/N-ethyl adjacent to an activating group) is 1. The third-order valence-electron chi connectivity index (χ3n) is 7.22. The monoisotopic (exact) mass is 570 g/mol. The zero-order valence-electron chi connectivity index (χ0n) is 24.3. The molecule has 216 valence electrons. The van der Waals surface area contributed by atoms with E-state index in [1.807, 2.05) is 13.0 Å². The van der Waals surface area contributed by atoms with Crippen molar-refractivity contribution in [2.45, 2.75) is 76.5 Å². The molecular formula is C28H38N6O5S. The number of aromatic nitrogens is 4. The highest BCUT2D eigenvalue weighted by Crippen LogP contribution is 2.28. The van der Waals surface area contributed by atoms with Crippen molar-refractivity contribution < 1.29 is 22.5 Å². The molecule has 0 saturated carbocycles. The summed E-state index contributed by atoms with van der Waals surface area (Å²) in [7, 11) is -0.418. The Hall–Kier alpha value is -3.54. The van der Waals surface area contributed by atoms with Crippen molar-refractivity contribution in [1.29, 1.82) is 0 Å². The van der Waals surface area contributed by atoms with Crippen molar-refractivity contribution in [3.05, 3.63) is 52.6 Å². The minimum atomic E-state index is -3.74. The highest BCUT2D eigenvalue weighted by atomic mass is 32.2. The van der Waals surface area contributed by atoms with Gasteiger partial charge in [-0.15, -0.1) is 0 Å². The van der Waals surface area contributed by atoms with Gasteiger partial charge in [0.15, 0.2) is 15.7 Å².